The third-order valence-corrected chi connectivity index (χ3v) is 8.85. The molecule has 4 heterocycles. The standard InChI is InChI=1S/C30H36N6O3/c1-20-25-6-4-3-5-21(25)9-15-35(20)29(37)27-18-28(32-19-31-27)34-13-11-23(12-14-34)36-16-10-22-17-24(39-2)7-8-26(22)33-30(36)38/h3-8,17-21,23,25H,9-16H2,1-2H3,(H,33,38). The highest BCUT2D eigenvalue weighted by Crippen LogP contribution is 2.34. The van der Waals surface area contributed by atoms with Gasteiger partial charge in [0, 0.05) is 55.9 Å². The number of aromatic nitrogens is 2. The van der Waals surface area contributed by atoms with Crippen molar-refractivity contribution in [1.82, 2.24) is 19.8 Å². The number of benzene rings is 1. The van der Waals surface area contributed by atoms with Crippen molar-refractivity contribution < 1.29 is 14.3 Å². The molecule has 3 aliphatic heterocycles. The Morgan fingerprint density at radius 3 is 2.67 bits per heavy atom. The number of piperidine rings is 2. The number of methoxy groups -OCH3 is 1. The van der Waals surface area contributed by atoms with Gasteiger partial charge < -0.3 is 24.8 Å². The van der Waals surface area contributed by atoms with E-state index in [1.54, 1.807) is 7.11 Å². The minimum atomic E-state index is -0.0477. The van der Waals surface area contributed by atoms with Gasteiger partial charge in [-0.3, -0.25) is 4.79 Å². The van der Waals surface area contributed by atoms with Gasteiger partial charge in [-0.1, -0.05) is 24.3 Å². The molecule has 0 saturated carbocycles. The van der Waals surface area contributed by atoms with Crippen LogP contribution >= 0.6 is 0 Å². The van der Waals surface area contributed by atoms with E-state index in [-0.39, 0.29) is 24.0 Å². The zero-order valence-corrected chi connectivity index (χ0v) is 22.6. The maximum absolute atomic E-state index is 13.5. The molecule has 2 saturated heterocycles. The maximum Gasteiger partial charge on any atom is 0.322 e. The van der Waals surface area contributed by atoms with E-state index in [0.717, 1.165) is 68.1 Å². The third kappa shape index (κ3) is 4.97. The molecule has 6 rings (SSSR count). The number of urea groups is 1. The Morgan fingerprint density at radius 1 is 1.03 bits per heavy atom. The molecule has 3 atom stereocenters. The fourth-order valence-corrected chi connectivity index (χ4v) is 6.56. The highest BCUT2D eigenvalue weighted by atomic mass is 16.5. The number of rotatable bonds is 4. The van der Waals surface area contributed by atoms with Crippen molar-refractivity contribution in [1.29, 1.82) is 0 Å². The van der Waals surface area contributed by atoms with Gasteiger partial charge in [0.15, 0.2) is 0 Å². The predicted molar refractivity (Wildman–Crippen MR) is 150 cm³/mol. The minimum Gasteiger partial charge on any atom is -0.497 e. The van der Waals surface area contributed by atoms with Gasteiger partial charge in [0.05, 0.1) is 7.11 Å². The molecule has 9 nitrogen and oxygen atoms in total. The van der Waals surface area contributed by atoms with Crippen molar-refractivity contribution in [3.8, 4) is 5.75 Å². The van der Waals surface area contributed by atoms with E-state index in [9.17, 15) is 9.59 Å². The Kier molecular flexibility index (Phi) is 6.97. The normalized spacial score (nSPS) is 25.0. The number of hydrogen-bond donors (Lipinski definition) is 1. The fourth-order valence-electron chi connectivity index (χ4n) is 6.56. The molecule has 0 radical (unpaired) electrons. The smallest absolute Gasteiger partial charge is 0.322 e. The summed E-state index contributed by atoms with van der Waals surface area (Å²) in [7, 11) is 1.66. The van der Waals surface area contributed by atoms with Crippen LogP contribution < -0.4 is 15.0 Å². The van der Waals surface area contributed by atoms with Crippen molar-refractivity contribution in [2.75, 3.05) is 43.5 Å². The second kappa shape index (κ2) is 10.7. The number of amides is 3. The van der Waals surface area contributed by atoms with Crippen LogP contribution in [-0.4, -0.2) is 77.1 Å². The number of anilines is 2. The van der Waals surface area contributed by atoms with Gasteiger partial charge >= 0.3 is 6.03 Å². The Labute approximate surface area is 229 Å². The van der Waals surface area contributed by atoms with E-state index in [1.165, 1.54) is 6.33 Å². The highest BCUT2D eigenvalue weighted by molar-refractivity contribution is 5.93. The number of ether oxygens (including phenoxy) is 1. The molecular weight excluding hydrogens is 492 g/mol. The van der Waals surface area contributed by atoms with Crippen LogP contribution in [0.4, 0.5) is 16.3 Å². The van der Waals surface area contributed by atoms with Gasteiger partial charge in [-0.25, -0.2) is 14.8 Å². The SMILES string of the molecule is COc1ccc2c(c1)CCN(C1CCN(c3cc(C(=O)N4CCC5C=CC=CC5C4C)ncn3)CC1)C(=O)N2. The molecule has 0 spiro atoms. The molecule has 4 aliphatic rings. The van der Waals surface area contributed by atoms with E-state index >= 15 is 0 Å². The molecule has 204 valence electrons. The first-order valence-corrected chi connectivity index (χ1v) is 14.0. The van der Waals surface area contributed by atoms with Crippen LogP contribution in [0.2, 0.25) is 0 Å². The molecule has 2 aromatic rings. The van der Waals surface area contributed by atoms with Crippen molar-refractivity contribution >= 4 is 23.4 Å². The lowest BCUT2D eigenvalue weighted by atomic mass is 9.78. The first-order chi connectivity index (χ1) is 19.0. The summed E-state index contributed by atoms with van der Waals surface area (Å²) >= 11 is 0. The highest BCUT2D eigenvalue weighted by Gasteiger charge is 2.37. The number of hydrogen-bond acceptors (Lipinski definition) is 6. The van der Waals surface area contributed by atoms with E-state index < -0.39 is 0 Å². The summed E-state index contributed by atoms with van der Waals surface area (Å²) in [6, 6.07) is 7.86. The van der Waals surface area contributed by atoms with E-state index in [0.29, 0.717) is 24.1 Å². The van der Waals surface area contributed by atoms with Gasteiger partial charge in [0.25, 0.3) is 5.91 Å². The predicted octanol–water partition coefficient (Wildman–Crippen LogP) is 4.14. The molecule has 1 aromatic carbocycles. The van der Waals surface area contributed by atoms with Crippen LogP contribution in [0.5, 0.6) is 5.75 Å². The molecule has 3 amide bonds. The van der Waals surface area contributed by atoms with E-state index in [1.807, 2.05) is 34.1 Å². The number of nitrogens with one attached hydrogen (secondary N) is 1. The zero-order chi connectivity index (χ0) is 26.9. The third-order valence-electron chi connectivity index (χ3n) is 8.85. The van der Waals surface area contributed by atoms with Crippen molar-refractivity contribution in [2.45, 2.75) is 44.7 Å². The maximum atomic E-state index is 13.5. The number of carbonyl (C=O) groups excluding carboxylic acids is 2. The summed E-state index contributed by atoms with van der Waals surface area (Å²) in [5.74, 6) is 2.39. The Balaban J connectivity index is 1.09. The first-order valence-electron chi connectivity index (χ1n) is 14.0. The number of carbonyl (C=O) groups is 2. The minimum absolute atomic E-state index is 0.0279. The quantitative estimate of drug-likeness (QED) is 0.642. The van der Waals surface area contributed by atoms with E-state index in [2.05, 4.69) is 51.4 Å². The average Bonchev–Trinajstić information content (AvgIpc) is 3.15. The van der Waals surface area contributed by atoms with Crippen LogP contribution in [-0.2, 0) is 6.42 Å². The summed E-state index contributed by atoms with van der Waals surface area (Å²) in [5.41, 5.74) is 2.40. The summed E-state index contributed by atoms with van der Waals surface area (Å²) < 4.78 is 5.36. The lowest BCUT2D eigenvalue weighted by molar-refractivity contribution is 0.0511. The van der Waals surface area contributed by atoms with Crippen LogP contribution in [0.1, 0.15) is 42.2 Å². The first kappa shape index (κ1) is 25.4. The fraction of sp³-hybridized carbons (Fsp3) is 0.467. The second-order valence-corrected chi connectivity index (χ2v) is 10.9. The van der Waals surface area contributed by atoms with Gasteiger partial charge in [0.1, 0.15) is 23.6 Å². The Bertz CT molecular complexity index is 1300. The molecule has 1 N–H and O–H groups in total. The summed E-state index contributed by atoms with van der Waals surface area (Å²) in [6.07, 6.45) is 13.6. The van der Waals surface area contributed by atoms with Crippen LogP contribution in [0.15, 0.2) is 54.9 Å². The monoisotopic (exact) mass is 528 g/mol. The lowest BCUT2D eigenvalue weighted by Gasteiger charge is -2.43. The van der Waals surface area contributed by atoms with Crippen LogP contribution in [0, 0.1) is 11.8 Å². The van der Waals surface area contributed by atoms with Gasteiger partial charge in [-0.05, 0) is 62.3 Å². The number of fused-ring (bicyclic) bond motifs is 2. The summed E-state index contributed by atoms with van der Waals surface area (Å²) in [4.78, 5) is 41.6. The van der Waals surface area contributed by atoms with Crippen LogP contribution in [0.3, 0.4) is 0 Å². The van der Waals surface area contributed by atoms with Gasteiger partial charge in [-0.2, -0.15) is 0 Å². The number of nitrogens with zero attached hydrogens (tertiary/aromatic N) is 5. The van der Waals surface area contributed by atoms with Gasteiger partial charge in [0.2, 0.25) is 0 Å². The van der Waals surface area contributed by atoms with Crippen LogP contribution in [0.25, 0.3) is 0 Å². The molecule has 1 aliphatic carbocycles. The number of likely N-dealkylation sites (tertiary alicyclic amines) is 1. The largest absolute Gasteiger partial charge is 0.497 e. The Hall–Kier alpha value is -3.88. The second-order valence-electron chi connectivity index (χ2n) is 10.9. The topological polar surface area (TPSA) is 90.9 Å². The molecule has 9 heteroatoms. The van der Waals surface area contributed by atoms with Crippen molar-refractivity contribution in [3.63, 3.8) is 0 Å². The van der Waals surface area contributed by atoms with Gasteiger partial charge in [-0.15, -0.1) is 0 Å². The lowest BCUT2D eigenvalue weighted by Crippen LogP contribution is -2.50. The van der Waals surface area contributed by atoms with Crippen molar-refractivity contribution in [3.05, 3.63) is 66.2 Å². The molecule has 1 aromatic heterocycles. The molecule has 0 bridgehead atoms. The number of allylic oxidation sites excluding steroid dienone is 3. The van der Waals surface area contributed by atoms with E-state index in [4.69, 9.17) is 4.74 Å². The average molecular weight is 529 g/mol. The molecule has 39 heavy (non-hydrogen) atoms. The Morgan fingerprint density at radius 2 is 1.85 bits per heavy atom. The van der Waals surface area contributed by atoms with Crippen molar-refractivity contribution in [2.24, 2.45) is 11.8 Å². The molecule has 2 fully saturated rings. The zero-order valence-electron chi connectivity index (χ0n) is 22.6. The summed E-state index contributed by atoms with van der Waals surface area (Å²) in [6.45, 7) is 5.07. The molecule has 3 unspecified atom stereocenters. The summed E-state index contributed by atoms with van der Waals surface area (Å²) in [5, 5.41) is 3.08. The molecular formula is C30H36N6O3.